The van der Waals surface area contributed by atoms with Gasteiger partial charge in [0, 0.05) is 23.5 Å². The molecule has 2 rings (SSSR count). The largest absolute Gasteiger partial charge is 0.507 e. The molecular weight excluding hydrogens is 296 g/mol. The molecule has 0 bridgehead atoms. The summed E-state index contributed by atoms with van der Waals surface area (Å²) in [4.78, 5) is 14.6. The number of halogens is 1. The van der Waals surface area contributed by atoms with Gasteiger partial charge in [-0.05, 0) is 31.0 Å². The highest BCUT2D eigenvalue weighted by Crippen LogP contribution is 2.32. The lowest BCUT2D eigenvalue weighted by Crippen LogP contribution is -2.46. The van der Waals surface area contributed by atoms with Crippen LogP contribution >= 0.6 is 23.8 Å². The summed E-state index contributed by atoms with van der Waals surface area (Å²) >= 11 is 11.0. The van der Waals surface area contributed by atoms with Crippen LogP contribution in [0.25, 0.3) is 0 Å². The second kappa shape index (κ2) is 5.58. The van der Waals surface area contributed by atoms with Gasteiger partial charge in [0.15, 0.2) is 0 Å². The van der Waals surface area contributed by atoms with Crippen LogP contribution in [0, 0.1) is 5.41 Å². The number of piperidine rings is 1. The number of hydrogen-bond acceptors (Lipinski definition) is 3. The maximum Gasteiger partial charge on any atom is 0.257 e. The van der Waals surface area contributed by atoms with Crippen LogP contribution in [0.1, 0.15) is 30.1 Å². The number of amides is 1. The molecule has 1 aromatic rings. The summed E-state index contributed by atoms with van der Waals surface area (Å²) < 4.78 is 0. The van der Waals surface area contributed by atoms with Gasteiger partial charge in [-0.2, -0.15) is 0 Å². The zero-order chi connectivity index (χ0) is 14.9. The smallest absolute Gasteiger partial charge is 0.257 e. The Morgan fingerprint density at radius 1 is 1.45 bits per heavy atom. The Morgan fingerprint density at radius 3 is 2.60 bits per heavy atom. The van der Waals surface area contributed by atoms with Crippen molar-refractivity contribution < 1.29 is 9.90 Å². The van der Waals surface area contributed by atoms with Crippen molar-refractivity contribution in [2.24, 2.45) is 11.1 Å². The Morgan fingerprint density at radius 2 is 2.05 bits per heavy atom. The van der Waals surface area contributed by atoms with E-state index in [1.807, 2.05) is 6.92 Å². The summed E-state index contributed by atoms with van der Waals surface area (Å²) in [6.45, 7) is 3.16. The van der Waals surface area contributed by atoms with E-state index >= 15 is 0 Å². The fraction of sp³-hybridized carbons (Fsp3) is 0.429. The van der Waals surface area contributed by atoms with E-state index in [0.29, 0.717) is 23.1 Å². The van der Waals surface area contributed by atoms with Crippen molar-refractivity contribution in [3.8, 4) is 5.75 Å². The van der Waals surface area contributed by atoms with Crippen LogP contribution in [-0.4, -0.2) is 34.0 Å². The number of rotatable bonds is 2. The number of benzene rings is 1. The van der Waals surface area contributed by atoms with Crippen molar-refractivity contribution >= 4 is 34.7 Å². The summed E-state index contributed by atoms with van der Waals surface area (Å²) in [5.41, 5.74) is 5.79. The first-order chi connectivity index (χ1) is 9.33. The number of nitrogens with two attached hydrogens (primary N) is 1. The van der Waals surface area contributed by atoms with Crippen LogP contribution in [0.4, 0.5) is 0 Å². The highest BCUT2D eigenvalue weighted by Gasteiger charge is 2.34. The molecule has 0 saturated carbocycles. The first-order valence-electron chi connectivity index (χ1n) is 6.41. The Labute approximate surface area is 128 Å². The third-order valence-corrected chi connectivity index (χ3v) is 4.67. The van der Waals surface area contributed by atoms with Gasteiger partial charge >= 0.3 is 0 Å². The van der Waals surface area contributed by atoms with E-state index in [0.717, 1.165) is 12.8 Å². The van der Waals surface area contributed by atoms with E-state index in [4.69, 9.17) is 29.6 Å². The standard InChI is InChI=1S/C14H17ClN2O2S/c1-14(13(16)20)4-6-17(7-5-14)12(19)10-8-9(15)2-3-11(10)18/h2-3,8,18H,4-7H2,1H3,(H2,16,20). The monoisotopic (exact) mass is 312 g/mol. The predicted octanol–water partition coefficient (Wildman–Crippen LogP) is 2.57. The highest BCUT2D eigenvalue weighted by molar-refractivity contribution is 7.80. The summed E-state index contributed by atoms with van der Waals surface area (Å²) in [5.74, 6) is -0.267. The van der Waals surface area contributed by atoms with Crippen LogP contribution in [0.5, 0.6) is 5.75 Å². The molecule has 4 nitrogen and oxygen atoms in total. The number of hydrogen-bond donors (Lipinski definition) is 2. The molecule has 3 N–H and O–H groups in total. The normalized spacial score (nSPS) is 17.8. The molecule has 1 fully saturated rings. The van der Waals surface area contributed by atoms with Gasteiger partial charge in [0.05, 0.1) is 10.6 Å². The van der Waals surface area contributed by atoms with E-state index in [2.05, 4.69) is 0 Å². The van der Waals surface area contributed by atoms with E-state index in [9.17, 15) is 9.90 Å². The molecule has 0 radical (unpaired) electrons. The summed E-state index contributed by atoms with van der Waals surface area (Å²) in [5, 5.41) is 10.2. The lowest BCUT2D eigenvalue weighted by atomic mass is 9.80. The molecule has 0 spiro atoms. The molecule has 1 aliphatic heterocycles. The zero-order valence-electron chi connectivity index (χ0n) is 11.2. The van der Waals surface area contributed by atoms with Crippen molar-refractivity contribution in [2.45, 2.75) is 19.8 Å². The van der Waals surface area contributed by atoms with Gasteiger partial charge in [-0.25, -0.2) is 0 Å². The maximum atomic E-state index is 12.4. The van der Waals surface area contributed by atoms with E-state index in [1.165, 1.54) is 12.1 Å². The molecule has 0 unspecified atom stereocenters. The number of nitrogens with zero attached hydrogens (tertiary/aromatic N) is 1. The summed E-state index contributed by atoms with van der Waals surface area (Å²) in [7, 11) is 0. The molecule has 1 heterocycles. The lowest BCUT2D eigenvalue weighted by molar-refractivity contribution is 0.0667. The van der Waals surface area contributed by atoms with Crippen LogP contribution in [0.15, 0.2) is 18.2 Å². The summed E-state index contributed by atoms with van der Waals surface area (Å²) in [6.07, 6.45) is 1.46. The molecule has 0 atom stereocenters. The van der Waals surface area contributed by atoms with E-state index in [1.54, 1.807) is 11.0 Å². The average molecular weight is 313 g/mol. The molecule has 1 amide bonds. The van der Waals surface area contributed by atoms with Crippen LogP contribution in [0.2, 0.25) is 5.02 Å². The number of carbonyl (C=O) groups is 1. The highest BCUT2D eigenvalue weighted by atomic mass is 35.5. The molecular formula is C14H17ClN2O2S. The third-order valence-electron chi connectivity index (χ3n) is 3.94. The van der Waals surface area contributed by atoms with Crippen LogP contribution < -0.4 is 5.73 Å². The third kappa shape index (κ3) is 2.88. The molecule has 1 aliphatic rings. The van der Waals surface area contributed by atoms with Gasteiger partial charge in [0.2, 0.25) is 0 Å². The van der Waals surface area contributed by atoms with Crippen molar-refractivity contribution in [3.63, 3.8) is 0 Å². The Kier molecular flexibility index (Phi) is 4.20. The van der Waals surface area contributed by atoms with Crippen molar-refractivity contribution in [1.29, 1.82) is 0 Å². The number of likely N-dealkylation sites (tertiary alicyclic amines) is 1. The van der Waals surface area contributed by atoms with Crippen LogP contribution in [0.3, 0.4) is 0 Å². The molecule has 1 saturated heterocycles. The number of aromatic hydroxyl groups is 1. The minimum Gasteiger partial charge on any atom is -0.507 e. The SMILES string of the molecule is CC1(C(N)=S)CCN(C(=O)c2cc(Cl)ccc2O)CC1. The van der Waals surface area contributed by atoms with Gasteiger partial charge < -0.3 is 15.7 Å². The Bertz CT molecular complexity index is 554. The van der Waals surface area contributed by atoms with E-state index in [-0.39, 0.29) is 22.6 Å². The molecule has 6 heteroatoms. The van der Waals surface area contributed by atoms with Crippen LogP contribution in [-0.2, 0) is 0 Å². The number of thiocarbonyl (C=S) groups is 1. The minimum absolute atomic E-state index is 0.0536. The maximum absolute atomic E-state index is 12.4. The van der Waals surface area contributed by atoms with Crippen molar-refractivity contribution in [3.05, 3.63) is 28.8 Å². The Hall–Kier alpha value is -1.33. The first-order valence-corrected chi connectivity index (χ1v) is 7.20. The minimum atomic E-state index is -0.213. The number of carbonyl (C=O) groups excluding carboxylic acids is 1. The van der Waals surface area contributed by atoms with Gasteiger partial charge in [-0.15, -0.1) is 0 Å². The quantitative estimate of drug-likeness (QED) is 0.824. The zero-order valence-corrected chi connectivity index (χ0v) is 12.8. The number of phenolic OH excluding ortho intramolecular Hbond substituents is 1. The fourth-order valence-corrected chi connectivity index (χ4v) is 2.68. The van der Waals surface area contributed by atoms with Gasteiger partial charge in [0.25, 0.3) is 5.91 Å². The van der Waals surface area contributed by atoms with E-state index < -0.39 is 0 Å². The first kappa shape index (κ1) is 15.1. The van der Waals surface area contributed by atoms with Crippen molar-refractivity contribution in [1.82, 2.24) is 4.90 Å². The predicted molar refractivity (Wildman–Crippen MR) is 83.1 cm³/mol. The second-order valence-corrected chi connectivity index (χ2v) is 6.25. The second-order valence-electron chi connectivity index (χ2n) is 5.38. The van der Waals surface area contributed by atoms with Gasteiger partial charge in [0.1, 0.15) is 5.75 Å². The van der Waals surface area contributed by atoms with Crippen molar-refractivity contribution in [2.75, 3.05) is 13.1 Å². The summed E-state index contributed by atoms with van der Waals surface area (Å²) in [6, 6.07) is 4.47. The number of phenols is 1. The molecule has 0 aliphatic carbocycles. The molecule has 20 heavy (non-hydrogen) atoms. The molecule has 108 valence electrons. The average Bonchev–Trinajstić information content (AvgIpc) is 2.41. The molecule has 1 aromatic carbocycles. The molecule has 0 aromatic heterocycles. The lowest BCUT2D eigenvalue weighted by Gasteiger charge is -2.38. The topological polar surface area (TPSA) is 66.6 Å². The van der Waals surface area contributed by atoms with Gasteiger partial charge in [-0.3, -0.25) is 4.79 Å². The fourth-order valence-electron chi connectivity index (χ4n) is 2.30. The van der Waals surface area contributed by atoms with Gasteiger partial charge in [-0.1, -0.05) is 30.7 Å². The Balaban J connectivity index is 2.13.